The van der Waals surface area contributed by atoms with Gasteiger partial charge in [0.15, 0.2) is 0 Å². The number of benzene rings is 2. The Morgan fingerprint density at radius 2 is 2.02 bits per heavy atom. The maximum Gasteiger partial charge on any atom is 0.252 e. The van der Waals surface area contributed by atoms with E-state index in [-0.39, 0.29) is 17.9 Å². The number of imidazole rings is 1. The Bertz CT molecular complexity index is 1570. The summed E-state index contributed by atoms with van der Waals surface area (Å²) in [4.78, 5) is 37.0. The van der Waals surface area contributed by atoms with Crippen LogP contribution in [0.5, 0.6) is 17.2 Å². The summed E-state index contributed by atoms with van der Waals surface area (Å²) in [5, 5.41) is 2.91. The van der Waals surface area contributed by atoms with Crippen LogP contribution in [0, 0.1) is 0 Å². The Balaban J connectivity index is 1.35. The maximum absolute atomic E-state index is 13.8. The number of carbonyl (C=O) groups is 2. The van der Waals surface area contributed by atoms with Crippen LogP contribution in [-0.4, -0.2) is 50.9 Å². The zero-order chi connectivity index (χ0) is 28.2. The Hall–Kier alpha value is -4.66. The van der Waals surface area contributed by atoms with Gasteiger partial charge < -0.3 is 24.3 Å². The number of nitrogens with zero attached hydrogens (tertiary/aromatic N) is 4. The highest BCUT2D eigenvalue weighted by Crippen LogP contribution is 2.39. The van der Waals surface area contributed by atoms with Crippen LogP contribution in [0.2, 0.25) is 0 Å². The fourth-order valence-corrected chi connectivity index (χ4v) is 5.59. The average molecular weight is 552 g/mol. The average Bonchev–Trinajstić information content (AvgIpc) is 3.46. The Kier molecular flexibility index (Phi) is 7.67. The van der Waals surface area contributed by atoms with E-state index in [0.29, 0.717) is 62.6 Å². The van der Waals surface area contributed by atoms with Gasteiger partial charge in [-0.25, -0.2) is 4.98 Å². The number of fused-ring (bicyclic) bond motifs is 6. The normalized spacial score (nSPS) is 16.7. The van der Waals surface area contributed by atoms with Gasteiger partial charge in [0, 0.05) is 51.1 Å². The van der Waals surface area contributed by atoms with Crippen LogP contribution in [0.15, 0.2) is 73.3 Å². The summed E-state index contributed by atoms with van der Waals surface area (Å²) in [5.74, 6) is 2.76. The first-order chi connectivity index (χ1) is 20.1. The molecule has 1 unspecified atom stereocenters. The summed E-state index contributed by atoms with van der Waals surface area (Å²) in [6.07, 6.45) is 9.42. The van der Waals surface area contributed by atoms with E-state index in [1.165, 1.54) is 6.20 Å². The lowest BCUT2D eigenvalue weighted by molar-refractivity contribution is -0.133. The first kappa shape index (κ1) is 26.6. The molecule has 9 nitrogen and oxygen atoms in total. The second kappa shape index (κ2) is 11.8. The molecule has 2 aromatic carbocycles. The minimum absolute atomic E-state index is 0.101. The molecule has 0 saturated carbocycles. The first-order valence-electron chi connectivity index (χ1n) is 14.1. The zero-order valence-electron chi connectivity index (χ0n) is 23.1. The molecule has 0 saturated heterocycles. The smallest absolute Gasteiger partial charge is 0.252 e. The first-order valence-corrected chi connectivity index (χ1v) is 14.1. The number of amides is 2. The fourth-order valence-electron chi connectivity index (χ4n) is 5.59. The number of aryl methyl sites for hydroxylation is 2. The minimum atomic E-state index is -0.250. The van der Waals surface area contributed by atoms with Crippen LogP contribution in [0.1, 0.15) is 58.7 Å². The number of carbonyl (C=O) groups excluding carboxylic acids is 2. The second-order valence-electron chi connectivity index (χ2n) is 10.3. The van der Waals surface area contributed by atoms with Gasteiger partial charge in [0.25, 0.3) is 5.91 Å². The van der Waals surface area contributed by atoms with E-state index in [1.807, 2.05) is 47.5 Å². The topological polar surface area (TPSA) is 98.6 Å². The monoisotopic (exact) mass is 551 g/mol. The number of aromatic nitrogens is 3. The van der Waals surface area contributed by atoms with E-state index in [0.717, 1.165) is 34.7 Å². The van der Waals surface area contributed by atoms with Crippen molar-refractivity contribution in [3.8, 4) is 17.2 Å². The number of hydrogen-bond donors (Lipinski definition) is 1. The van der Waals surface area contributed by atoms with Gasteiger partial charge in [0.2, 0.25) is 5.91 Å². The van der Waals surface area contributed by atoms with Crippen molar-refractivity contribution < 1.29 is 19.1 Å². The molecule has 1 N–H and O–H groups in total. The molecule has 4 aromatic rings. The van der Waals surface area contributed by atoms with Crippen molar-refractivity contribution in [2.75, 3.05) is 19.7 Å². The molecule has 8 bridgehead atoms. The van der Waals surface area contributed by atoms with Crippen LogP contribution in [0.25, 0.3) is 0 Å². The molecule has 2 amide bonds. The molecular formula is C32H33N5O4. The van der Waals surface area contributed by atoms with E-state index >= 15 is 0 Å². The third kappa shape index (κ3) is 5.79. The molecule has 7 rings (SSSR count). The summed E-state index contributed by atoms with van der Waals surface area (Å²) in [6, 6.07) is 15.4. The lowest BCUT2D eigenvalue weighted by Crippen LogP contribution is -2.41. The molecule has 1 atom stereocenters. The Labute approximate surface area is 239 Å². The summed E-state index contributed by atoms with van der Waals surface area (Å²) >= 11 is 0. The summed E-state index contributed by atoms with van der Waals surface area (Å²) < 4.78 is 14.3. The number of rotatable bonds is 4. The lowest BCUT2D eigenvalue weighted by atomic mass is 9.87. The van der Waals surface area contributed by atoms with Crippen molar-refractivity contribution in [1.82, 2.24) is 24.8 Å². The Morgan fingerprint density at radius 3 is 2.93 bits per heavy atom. The predicted octanol–water partition coefficient (Wildman–Crippen LogP) is 4.71. The van der Waals surface area contributed by atoms with Crippen molar-refractivity contribution in [2.45, 2.75) is 45.2 Å². The van der Waals surface area contributed by atoms with Gasteiger partial charge in [0.1, 0.15) is 23.1 Å². The molecule has 3 aliphatic rings. The van der Waals surface area contributed by atoms with Crippen molar-refractivity contribution in [1.29, 1.82) is 0 Å². The third-order valence-electron chi connectivity index (χ3n) is 7.61. The molecule has 2 aromatic heterocycles. The molecule has 210 valence electrons. The quantitative estimate of drug-likeness (QED) is 0.395. The van der Waals surface area contributed by atoms with E-state index in [4.69, 9.17) is 9.47 Å². The van der Waals surface area contributed by atoms with Crippen molar-refractivity contribution in [2.24, 2.45) is 0 Å². The molecule has 0 spiro atoms. The lowest BCUT2D eigenvalue weighted by Gasteiger charge is -2.38. The highest BCUT2D eigenvalue weighted by molar-refractivity contribution is 5.94. The van der Waals surface area contributed by atoms with Crippen LogP contribution in [0.4, 0.5) is 0 Å². The summed E-state index contributed by atoms with van der Waals surface area (Å²) in [5.41, 5.74) is 3.62. The van der Waals surface area contributed by atoms with Gasteiger partial charge in [-0.2, -0.15) is 0 Å². The minimum Gasteiger partial charge on any atom is -0.494 e. The van der Waals surface area contributed by atoms with Gasteiger partial charge in [-0.3, -0.25) is 14.6 Å². The highest BCUT2D eigenvalue weighted by atomic mass is 16.5. The highest BCUT2D eigenvalue weighted by Gasteiger charge is 2.32. The van der Waals surface area contributed by atoms with E-state index in [1.54, 1.807) is 18.5 Å². The molecule has 0 aliphatic carbocycles. The number of hydrogen-bond acceptors (Lipinski definition) is 6. The van der Waals surface area contributed by atoms with Gasteiger partial charge in [-0.05, 0) is 59.9 Å². The zero-order valence-corrected chi connectivity index (χ0v) is 23.1. The van der Waals surface area contributed by atoms with E-state index in [9.17, 15) is 9.59 Å². The predicted molar refractivity (Wildman–Crippen MR) is 153 cm³/mol. The van der Waals surface area contributed by atoms with E-state index < -0.39 is 0 Å². The molecule has 41 heavy (non-hydrogen) atoms. The van der Waals surface area contributed by atoms with Gasteiger partial charge in [0.05, 0.1) is 24.4 Å². The number of pyridine rings is 1. The summed E-state index contributed by atoms with van der Waals surface area (Å²) in [6.45, 7) is 4.17. The Morgan fingerprint density at radius 1 is 1.10 bits per heavy atom. The third-order valence-corrected chi connectivity index (χ3v) is 7.61. The van der Waals surface area contributed by atoms with Crippen LogP contribution >= 0.6 is 0 Å². The van der Waals surface area contributed by atoms with Gasteiger partial charge in [-0.1, -0.05) is 25.1 Å². The van der Waals surface area contributed by atoms with Crippen LogP contribution in [-0.2, 0) is 24.2 Å². The molecule has 9 heteroatoms. The number of ether oxygens (including phenoxy) is 2. The van der Waals surface area contributed by atoms with Gasteiger partial charge in [-0.15, -0.1) is 0 Å². The van der Waals surface area contributed by atoms with Crippen molar-refractivity contribution in [3.63, 3.8) is 0 Å². The summed E-state index contributed by atoms with van der Waals surface area (Å²) in [7, 11) is 0. The van der Waals surface area contributed by atoms with Crippen molar-refractivity contribution in [3.05, 3.63) is 101 Å². The van der Waals surface area contributed by atoms with E-state index in [2.05, 4.69) is 32.8 Å². The fraction of sp³-hybridized carbons (Fsp3) is 0.312. The van der Waals surface area contributed by atoms with Crippen LogP contribution < -0.4 is 14.8 Å². The van der Waals surface area contributed by atoms with Crippen molar-refractivity contribution >= 4 is 11.8 Å². The largest absolute Gasteiger partial charge is 0.494 e. The SMILES string of the molecule is CCc1nccn1CCC(=O)N1CCc2cc3ccc2C1c1cccc(c1)OCCCNC(=O)c1cncc(c1)O3. The van der Waals surface area contributed by atoms with Crippen LogP contribution in [0.3, 0.4) is 0 Å². The molecule has 3 aliphatic heterocycles. The molecule has 0 radical (unpaired) electrons. The second-order valence-corrected chi connectivity index (χ2v) is 10.3. The molecule has 0 fully saturated rings. The molecular weight excluding hydrogens is 518 g/mol. The molecule has 5 heterocycles. The maximum atomic E-state index is 13.8. The van der Waals surface area contributed by atoms with Gasteiger partial charge >= 0.3 is 0 Å². The number of nitrogens with one attached hydrogen (secondary N) is 1. The standard InChI is InChI=1S/C32H33N5O4/c1-2-29-34-12-15-36(29)13-10-30(38)37-14-9-22-17-26-7-8-28(22)31(37)23-5-3-6-25(18-23)40-16-4-11-35-32(39)24-19-27(41-26)21-33-20-24/h3,5-8,12,15,17-21,31H,2,4,9-11,13-14,16H2,1H3,(H,35,39).